The number of likely N-dealkylation sites (N-methyl/N-ethyl adjacent to an activating group) is 1. The molecule has 4 bridgehead atoms. The van der Waals surface area contributed by atoms with Gasteiger partial charge in [0.2, 0.25) is 0 Å². The molecular weight excluding hydrogens is 579 g/mol. The van der Waals surface area contributed by atoms with Gasteiger partial charge >= 0.3 is 10.1 Å². The number of halogens is 1. The molecule has 44 heavy (non-hydrogen) atoms. The topological polar surface area (TPSA) is 93.7 Å². The van der Waals surface area contributed by atoms with E-state index in [9.17, 15) is 17.6 Å². The number of hydrogen-bond donors (Lipinski definition) is 2. The Morgan fingerprint density at radius 3 is 2.45 bits per heavy atom. The van der Waals surface area contributed by atoms with Crippen LogP contribution in [0.5, 0.6) is 5.75 Å². The second-order valence-corrected chi connectivity index (χ2v) is 13.1. The molecule has 1 aliphatic heterocycles. The third-order valence-corrected chi connectivity index (χ3v) is 8.95. The summed E-state index contributed by atoms with van der Waals surface area (Å²) in [7, 11) is -2.12. The fourth-order valence-electron chi connectivity index (χ4n) is 5.40. The number of amides is 1. The van der Waals surface area contributed by atoms with Gasteiger partial charge < -0.3 is 19.6 Å². The molecule has 4 aromatic carbocycles. The molecule has 1 amide bonds. The molecule has 0 aromatic heterocycles. The van der Waals surface area contributed by atoms with Crippen LogP contribution in [0.15, 0.2) is 97.1 Å². The largest absolute Gasteiger partial charge is 0.382 e. The van der Waals surface area contributed by atoms with Gasteiger partial charge in [0.15, 0.2) is 0 Å². The molecule has 4 aromatic rings. The van der Waals surface area contributed by atoms with Gasteiger partial charge in [-0.15, -0.1) is 0 Å². The fourth-order valence-corrected chi connectivity index (χ4v) is 6.45. The molecule has 2 N–H and O–H groups in total. The number of aryl methyl sites for hydroxylation is 1. The van der Waals surface area contributed by atoms with Gasteiger partial charge in [-0.2, -0.15) is 8.42 Å². The molecule has 0 radical (unpaired) electrons. The number of rotatable bonds is 6. The van der Waals surface area contributed by atoms with Gasteiger partial charge in [-0.25, -0.2) is 4.39 Å². The van der Waals surface area contributed by atoms with Gasteiger partial charge in [0.05, 0.1) is 19.3 Å². The van der Waals surface area contributed by atoms with Crippen molar-refractivity contribution < 1.29 is 26.5 Å². The Labute approximate surface area is 258 Å². The van der Waals surface area contributed by atoms with Crippen molar-refractivity contribution in [3.05, 3.63) is 136 Å². The van der Waals surface area contributed by atoms with Crippen molar-refractivity contribution in [1.82, 2.24) is 10.6 Å². The van der Waals surface area contributed by atoms with Gasteiger partial charge in [-0.1, -0.05) is 66.7 Å². The van der Waals surface area contributed by atoms with Gasteiger partial charge in [0, 0.05) is 11.1 Å². The predicted molar refractivity (Wildman–Crippen MR) is 168 cm³/mol. The molecule has 0 saturated carbocycles. The maximum Gasteiger partial charge on any atom is 0.313 e. The Morgan fingerprint density at radius 2 is 1.70 bits per heavy atom. The van der Waals surface area contributed by atoms with E-state index in [0.717, 1.165) is 23.1 Å². The molecule has 0 spiro atoms. The number of benzene rings is 4. The number of nitrogens with one attached hydrogen (secondary N) is 2. The number of carbonyl (C=O) groups is 1. The van der Waals surface area contributed by atoms with Crippen LogP contribution in [0.3, 0.4) is 0 Å². The van der Waals surface area contributed by atoms with Gasteiger partial charge in [0.25, 0.3) is 5.91 Å². The maximum absolute atomic E-state index is 13.8. The minimum absolute atomic E-state index is 0.0259. The lowest BCUT2D eigenvalue weighted by Crippen LogP contribution is -2.46. The zero-order valence-electron chi connectivity index (χ0n) is 24.9. The quantitative estimate of drug-likeness (QED) is 0.263. The molecule has 9 heteroatoms. The highest BCUT2D eigenvalue weighted by molar-refractivity contribution is 7.86. The highest BCUT2D eigenvalue weighted by Crippen LogP contribution is 2.26. The Kier molecular flexibility index (Phi) is 9.78. The van der Waals surface area contributed by atoms with Crippen LogP contribution in [-0.4, -0.2) is 33.5 Å². The summed E-state index contributed by atoms with van der Waals surface area (Å²) in [6.07, 6.45) is 1.97. The fraction of sp³-hybridized carbons (Fsp3) is 0.286. The summed E-state index contributed by atoms with van der Waals surface area (Å²) in [5, 5.41) is 6.47. The van der Waals surface area contributed by atoms with Crippen molar-refractivity contribution in [2.75, 3.05) is 13.7 Å². The summed E-state index contributed by atoms with van der Waals surface area (Å²) in [5.74, 6) is -1.06. The minimum Gasteiger partial charge on any atom is -0.382 e. The van der Waals surface area contributed by atoms with E-state index in [-0.39, 0.29) is 35.0 Å². The SMILES string of the molecule is CNC1(C)COCc2cc(OS(=O)(=O)Cc3ccccc3)cc(c2)C(=O)NC(c2ccc(F)cc2)CCc2cccc(c2)C1. The summed E-state index contributed by atoms with van der Waals surface area (Å²) in [4.78, 5) is 13.7. The van der Waals surface area contributed by atoms with Crippen molar-refractivity contribution >= 4 is 16.0 Å². The first-order chi connectivity index (χ1) is 21.1. The summed E-state index contributed by atoms with van der Waals surface area (Å²) in [5.41, 5.74) is 4.07. The van der Waals surface area contributed by atoms with Crippen LogP contribution >= 0.6 is 0 Å². The van der Waals surface area contributed by atoms with E-state index in [1.54, 1.807) is 48.5 Å². The molecule has 0 aliphatic carbocycles. The molecule has 7 nitrogen and oxygen atoms in total. The van der Waals surface area contributed by atoms with Crippen molar-refractivity contribution in [3.8, 4) is 5.75 Å². The number of carbonyl (C=O) groups excluding carboxylic acids is 1. The molecule has 0 fully saturated rings. The van der Waals surface area contributed by atoms with Crippen LogP contribution in [0.25, 0.3) is 0 Å². The number of hydrogen-bond acceptors (Lipinski definition) is 6. The van der Waals surface area contributed by atoms with E-state index in [4.69, 9.17) is 8.92 Å². The number of fused-ring (bicyclic) bond motifs is 4. The zero-order valence-corrected chi connectivity index (χ0v) is 25.7. The van der Waals surface area contributed by atoms with Crippen molar-refractivity contribution in [2.45, 2.75) is 50.1 Å². The lowest BCUT2D eigenvalue weighted by molar-refractivity contribution is 0.0670. The highest BCUT2D eigenvalue weighted by atomic mass is 32.2. The molecule has 1 aliphatic rings. The van der Waals surface area contributed by atoms with Gasteiger partial charge in [-0.05, 0) is 91.4 Å². The molecule has 1 heterocycles. The van der Waals surface area contributed by atoms with Crippen LogP contribution in [0, 0.1) is 5.82 Å². The molecular formula is C35H37FN2O5S. The lowest BCUT2D eigenvalue weighted by atomic mass is 9.91. The van der Waals surface area contributed by atoms with Crippen LogP contribution in [0.1, 0.15) is 57.6 Å². The lowest BCUT2D eigenvalue weighted by Gasteiger charge is -2.29. The first-order valence-corrected chi connectivity index (χ1v) is 16.2. The molecule has 2 atom stereocenters. The first-order valence-electron chi connectivity index (χ1n) is 14.6. The van der Waals surface area contributed by atoms with Crippen molar-refractivity contribution in [1.29, 1.82) is 0 Å². The van der Waals surface area contributed by atoms with Crippen molar-refractivity contribution in [3.63, 3.8) is 0 Å². The summed E-state index contributed by atoms with van der Waals surface area (Å²) >= 11 is 0. The Balaban J connectivity index is 1.49. The third kappa shape index (κ3) is 8.53. The average molecular weight is 617 g/mol. The van der Waals surface area contributed by atoms with Crippen LogP contribution in [-0.2, 0) is 40.1 Å². The molecule has 2 unspecified atom stereocenters. The van der Waals surface area contributed by atoms with E-state index in [2.05, 4.69) is 35.8 Å². The van der Waals surface area contributed by atoms with E-state index >= 15 is 0 Å². The summed E-state index contributed by atoms with van der Waals surface area (Å²) in [6.45, 7) is 2.59. The van der Waals surface area contributed by atoms with Gasteiger partial charge in [-0.3, -0.25) is 4.79 Å². The standard InChI is InChI=1S/C35H37FN2O5S/c1-35(37-2)21-27-10-6-9-25(17-27)11-16-33(29-12-14-31(36)15-13-29)38-34(39)30-18-28(22-42-24-35)19-32(20-30)43-44(40,41)23-26-7-4-3-5-8-26/h3-10,12-15,17-20,33,37H,11,16,21-24H2,1-2H3,(H,38,39). The van der Waals surface area contributed by atoms with Crippen LogP contribution in [0.4, 0.5) is 4.39 Å². The molecule has 230 valence electrons. The monoisotopic (exact) mass is 616 g/mol. The highest BCUT2D eigenvalue weighted by Gasteiger charge is 2.25. The Bertz CT molecular complexity index is 1700. The normalized spacial score (nSPS) is 19.6. The second kappa shape index (κ2) is 13.7. The van der Waals surface area contributed by atoms with Crippen molar-refractivity contribution in [2.24, 2.45) is 0 Å². The average Bonchev–Trinajstić information content (AvgIpc) is 2.99. The maximum atomic E-state index is 13.8. The van der Waals surface area contributed by atoms with E-state index in [1.807, 2.05) is 19.2 Å². The summed E-state index contributed by atoms with van der Waals surface area (Å²) < 4.78 is 51.4. The van der Waals surface area contributed by atoms with Crippen LogP contribution < -0.4 is 14.8 Å². The Hall–Kier alpha value is -4.05. The molecule has 5 rings (SSSR count). The molecule has 0 saturated heterocycles. The number of ether oxygens (including phenoxy) is 1. The van der Waals surface area contributed by atoms with E-state index in [0.29, 0.717) is 30.6 Å². The Morgan fingerprint density at radius 1 is 0.955 bits per heavy atom. The minimum atomic E-state index is -4.02. The van der Waals surface area contributed by atoms with Crippen LogP contribution in [0.2, 0.25) is 0 Å². The second-order valence-electron chi connectivity index (χ2n) is 11.6. The smallest absolute Gasteiger partial charge is 0.313 e. The first kappa shape index (κ1) is 31.4. The van der Waals surface area contributed by atoms with E-state index < -0.39 is 22.1 Å². The summed E-state index contributed by atoms with van der Waals surface area (Å²) in [6, 6.07) is 27.5. The predicted octanol–water partition coefficient (Wildman–Crippen LogP) is 5.89. The van der Waals surface area contributed by atoms with E-state index in [1.165, 1.54) is 18.2 Å². The third-order valence-electron chi connectivity index (χ3n) is 7.82. The zero-order chi connectivity index (χ0) is 31.2. The van der Waals surface area contributed by atoms with Gasteiger partial charge in [0.1, 0.15) is 17.3 Å².